The quantitative estimate of drug-likeness (QED) is 0.654. The van der Waals surface area contributed by atoms with Gasteiger partial charge < -0.3 is 5.32 Å². The third-order valence-electron chi connectivity index (χ3n) is 2.15. The van der Waals surface area contributed by atoms with Gasteiger partial charge in [-0.2, -0.15) is 0 Å². The molecule has 0 saturated heterocycles. The Morgan fingerprint density at radius 2 is 1.84 bits per heavy atom. The second-order valence-electron chi connectivity index (χ2n) is 3.55. The number of rotatable bonds is 4. The predicted molar refractivity (Wildman–Crippen MR) is 77.1 cm³/mol. The van der Waals surface area contributed by atoms with Crippen molar-refractivity contribution < 1.29 is 13.2 Å². The highest BCUT2D eigenvalue weighted by Gasteiger charge is 2.25. The van der Waals surface area contributed by atoms with E-state index in [-0.39, 0.29) is 20.6 Å². The maximum absolute atomic E-state index is 11.9. The van der Waals surface area contributed by atoms with Gasteiger partial charge in [-0.3, -0.25) is 4.79 Å². The summed E-state index contributed by atoms with van der Waals surface area (Å²) in [4.78, 5) is 11.4. The van der Waals surface area contributed by atoms with E-state index in [4.69, 9.17) is 45.5 Å². The Kier molecular flexibility index (Phi) is 5.77. The Morgan fingerprint density at radius 1 is 1.26 bits per heavy atom. The third kappa shape index (κ3) is 3.89. The molecule has 0 aliphatic heterocycles. The summed E-state index contributed by atoms with van der Waals surface area (Å²) in [6, 6.07) is 1.01. The van der Waals surface area contributed by atoms with Gasteiger partial charge in [-0.1, -0.05) is 41.7 Å². The normalized spacial score (nSPS) is 11.4. The van der Waals surface area contributed by atoms with Gasteiger partial charge in [0, 0.05) is 17.2 Å². The first-order chi connectivity index (χ1) is 8.70. The maximum Gasteiger partial charge on any atom is 0.262 e. The Bertz CT molecular complexity index is 616. The molecule has 0 aliphatic carbocycles. The molecule has 0 aromatic heterocycles. The van der Waals surface area contributed by atoms with Crippen molar-refractivity contribution in [2.45, 2.75) is 18.2 Å². The number of hydrogen-bond donors (Lipinski definition) is 1. The molecule has 0 fully saturated rings. The number of nitrogens with one attached hydrogen (secondary N) is 1. The number of carbonyl (C=O) groups excluding carboxylic acids is 1. The summed E-state index contributed by atoms with van der Waals surface area (Å²) < 4.78 is 22.7. The zero-order chi connectivity index (χ0) is 14.8. The number of halogens is 4. The Morgan fingerprint density at radius 3 is 2.32 bits per heavy atom. The van der Waals surface area contributed by atoms with Crippen LogP contribution in [-0.4, -0.2) is 20.9 Å². The minimum Gasteiger partial charge on any atom is -0.352 e. The van der Waals surface area contributed by atoms with Crippen LogP contribution in [0.1, 0.15) is 23.7 Å². The lowest BCUT2D eigenvalue weighted by Gasteiger charge is -2.11. The first kappa shape index (κ1) is 16.9. The molecule has 1 rings (SSSR count). The van der Waals surface area contributed by atoms with E-state index in [9.17, 15) is 13.2 Å². The number of benzene rings is 1. The molecule has 106 valence electrons. The standard InChI is InChI=1S/C10H9Cl4NO3S/c1-2-3-15-10(16)7-8(12)5(11)4-6(9(7)13)19(14,17)18/h4H,2-3H2,1H3,(H,15,16). The fourth-order valence-corrected chi connectivity index (χ4v) is 3.43. The van der Waals surface area contributed by atoms with Gasteiger partial charge in [-0.25, -0.2) is 8.42 Å². The second-order valence-corrected chi connectivity index (χ2v) is 7.25. The average Bonchev–Trinajstić information content (AvgIpc) is 2.30. The van der Waals surface area contributed by atoms with E-state index in [1.54, 1.807) is 0 Å². The highest BCUT2D eigenvalue weighted by Crippen LogP contribution is 2.37. The van der Waals surface area contributed by atoms with Crippen molar-refractivity contribution in [3.05, 3.63) is 26.7 Å². The topological polar surface area (TPSA) is 63.2 Å². The van der Waals surface area contributed by atoms with Gasteiger partial charge in [0.2, 0.25) is 0 Å². The molecule has 1 aromatic carbocycles. The van der Waals surface area contributed by atoms with Crippen molar-refractivity contribution in [1.82, 2.24) is 5.32 Å². The first-order valence-corrected chi connectivity index (χ1v) is 8.54. The zero-order valence-corrected chi connectivity index (χ0v) is 13.5. The average molecular weight is 365 g/mol. The highest BCUT2D eigenvalue weighted by atomic mass is 35.7. The van der Waals surface area contributed by atoms with Crippen molar-refractivity contribution in [1.29, 1.82) is 0 Å². The lowest BCUT2D eigenvalue weighted by Crippen LogP contribution is -2.25. The van der Waals surface area contributed by atoms with Gasteiger partial charge in [0.25, 0.3) is 15.0 Å². The van der Waals surface area contributed by atoms with Crippen LogP contribution in [0.5, 0.6) is 0 Å². The van der Waals surface area contributed by atoms with E-state index in [0.29, 0.717) is 13.0 Å². The highest BCUT2D eigenvalue weighted by molar-refractivity contribution is 8.13. The van der Waals surface area contributed by atoms with Crippen LogP contribution in [-0.2, 0) is 9.05 Å². The number of carbonyl (C=O) groups is 1. The molecule has 1 N–H and O–H groups in total. The summed E-state index contributed by atoms with van der Waals surface area (Å²) in [5.41, 5.74) is -0.205. The van der Waals surface area contributed by atoms with E-state index in [0.717, 1.165) is 6.07 Å². The summed E-state index contributed by atoms with van der Waals surface area (Å²) >= 11 is 17.5. The molecule has 0 radical (unpaired) electrons. The number of amides is 1. The van der Waals surface area contributed by atoms with Crippen LogP contribution in [0.2, 0.25) is 15.1 Å². The maximum atomic E-state index is 11.9. The van der Waals surface area contributed by atoms with Gasteiger partial charge in [-0.15, -0.1) is 0 Å². The summed E-state index contributed by atoms with van der Waals surface area (Å²) in [7, 11) is 1.09. The minimum absolute atomic E-state index is 0.119. The van der Waals surface area contributed by atoms with Crippen LogP contribution in [0.25, 0.3) is 0 Å². The lowest BCUT2D eigenvalue weighted by atomic mass is 10.2. The van der Waals surface area contributed by atoms with E-state index < -0.39 is 19.9 Å². The molecule has 4 nitrogen and oxygen atoms in total. The van der Waals surface area contributed by atoms with Crippen LogP contribution in [0.3, 0.4) is 0 Å². The van der Waals surface area contributed by atoms with Gasteiger partial charge in [0.1, 0.15) is 4.90 Å². The largest absolute Gasteiger partial charge is 0.352 e. The summed E-state index contributed by atoms with van der Waals surface area (Å²) in [5.74, 6) is -0.610. The smallest absolute Gasteiger partial charge is 0.262 e. The van der Waals surface area contributed by atoms with Crippen molar-refractivity contribution in [2.75, 3.05) is 6.54 Å². The molecule has 1 amide bonds. The second kappa shape index (κ2) is 6.50. The van der Waals surface area contributed by atoms with Crippen molar-refractivity contribution in [2.24, 2.45) is 0 Å². The van der Waals surface area contributed by atoms with Crippen LogP contribution in [0, 0.1) is 0 Å². The Labute approximate surface area is 130 Å². The SMILES string of the molecule is CCCNC(=O)c1c(Cl)c(Cl)cc(S(=O)(=O)Cl)c1Cl. The summed E-state index contributed by atoms with van der Waals surface area (Å²) in [6.07, 6.45) is 0.697. The molecule has 0 aliphatic rings. The lowest BCUT2D eigenvalue weighted by molar-refractivity contribution is 0.0954. The minimum atomic E-state index is -4.13. The monoisotopic (exact) mass is 363 g/mol. The van der Waals surface area contributed by atoms with Crippen molar-refractivity contribution in [3.63, 3.8) is 0 Å². The molecular formula is C10H9Cl4NO3S. The van der Waals surface area contributed by atoms with E-state index in [2.05, 4.69) is 5.32 Å². The molecule has 0 heterocycles. The molecule has 0 saturated carbocycles. The molecule has 0 spiro atoms. The Balaban J connectivity index is 3.47. The van der Waals surface area contributed by atoms with Crippen LogP contribution >= 0.6 is 45.5 Å². The predicted octanol–water partition coefficient (Wildman–Crippen LogP) is 3.71. The third-order valence-corrected chi connectivity index (χ3v) is 4.79. The van der Waals surface area contributed by atoms with Gasteiger partial charge >= 0.3 is 0 Å². The van der Waals surface area contributed by atoms with Crippen molar-refractivity contribution >= 4 is 60.4 Å². The van der Waals surface area contributed by atoms with Gasteiger partial charge in [-0.05, 0) is 12.5 Å². The summed E-state index contributed by atoms with van der Waals surface area (Å²) in [6.45, 7) is 2.25. The molecule has 0 unspecified atom stereocenters. The number of hydrogen-bond acceptors (Lipinski definition) is 3. The molecule has 9 heteroatoms. The fraction of sp³-hybridized carbons (Fsp3) is 0.300. The van der Waals surface area contributed by atoms with E-state index >= 15 is 0 Å². The van der Waals surface area contributed by atoms with Crippen LogP contribution in [0.4, 0.5) is 0 Å². The van der Waals surface area contributed by atoms with Crippen LogP contribution < -0.4 is 5.32 Å². The molecule has 0 bridgehead atoms. The molecule has 1 aromatic rings. The van der Waals surface area contributed by atoms with Gasteiger partial charge in [0.05, 0.1) is 20.6 Å². The zero-order valence-electron chi connectivity index (χ0n) is 9.64. The van der Waals surface area contributed by atoms with Gasteiger partial charge in [0.15, 0.2) is 0 Å². The summed E-state index contributed by atoms with van der Waals surface area (Å²) in [5, 5.41) is 1.94. The first-order valence-electron chi connectivity index (χ1n) is 5.10. The van der Waals surface area contributed by atoms with Crippen LogP contribution in [0.15, 0.2) is 11.0 Å². The molecule has 0 atom stereocenters. The Hall–Kier alpha value is -0.200. The molecule has 19 heavy (non-hydrogen) atoms. The molecular weight excluding hydrogens is 356 g/mol. The fourth-order valence-electron chi connectivity index (χ4n) is 1.28. The van der Waals surface area contributed by atoms with E-state index in [1.807, 2.05) is 6.92 Å². The van der Waals surface area contributed by atoms with E-state index in [1.165, 1.54) is 0 Å². The van der Waals surface area contributed by atoms with Crippen molar-refractivity contribution in [3.8, 4) is 0 Å².